The number of thioether (sulfide) groups is 1. The number of nitrogens with one attached hydrogen (secondary N) is 2. The van der Waals surface area contributed by atoms with Crippen LogP contribution in [0.5, 0.6) is 0 Å². The number of ketones is 1. The second-order valence-corrected chi connectivity index (χ2v) is 8.43. The van der Waals surface area contributed by atoms with E-state index in [2.05, 4.69) is 15.6 Å². The summed E-state index contributed by atoms with van der Waals surface area (Å²) in [6.07, 6.45) is 5.18. The van der Waals surface area contributed by atoms with E-state index in [9.17, 15) is 9.59 Å². The van der Waals surface area contributed by atoms with Crippen molar-refractivity contribution in [3.8, 4) is 0 Å². The van der Waals surface area contributed by atoms with E-state index in [-0.39, 0.29) is 23.2 Å². The predicted octanol–water partition coefficient (Wildman–Crippen LogP) is 1.12. The molecule has 15 heteroatoms. The minimum Gasteiger partial charge on any atom is -0.473 e. The number of benzene rings is 1. The highest BCUT2D eigenvalue weighted by molar-refractivity contribution is 7.99. The number of aromatic nitrogens is 2. The quantitative estimate of drug-likeness (QED) is 0.200. The van der Waals surface area contributed by atoms with E-state index in [1.54, 1.807) is 31.2 Å². The molecule has 1 amide bonds. The van der Waals surface area contributed by atoms with Crippen LogP contribution < -0.4 is 10.6 Å². The third kappa shape index (κ3) is 7.62. The standard InChI is InChI=1S/C19H18N4O2S.2C2H2O4/c1-20-19(25)23-10-14(13-6-2-3-7-16(13)23)17(24)15-11-26-18(22-15)12-5-4-8-21-9-12;2*3-1(4)2(5)6/h2-10,15,18,22H,11H2,1H3,(H,20,25);2*(H,3,4)(H,5,6)/t15-,18?;;/m0../s1. The van der Waals surface area contributed by atoms with Crippen LogP contribution in [0.4, 0.5) is 4.79 Å². The van der Waals surface area contributed by atoms with Gasteiger partial charge in [0.1, 0.15) is 0 Å². The Morgan fingerprint density at radius 2 is 1.55 bits per heavy atom. The normalized spacial score (nSPS) is 15.7. The van der Waals surface area contributed by atoms with Gasteiger partial charge in [-0.2, -0.15) is 0 Å². The van der Waals surface area contributed by atoms with Gasteiger partial charge in [-0.25, -0.2) is 24.0 Å². The maximum absolute atomic E-state index is 13.1. The fourth-order valence-electron chi connectivity index (χ4n) is 3.20. The second-order valence-electron chi connectivity index (χ2n) is 7.29. The molecule has 3 heterocycles. The molecule has 0 saturated carbocycles. The van der Waals surface area contributed by atoms with Crippen molar-refractivity contribution in [2.24, 2.45) is 0 Å². The van der Waals surface area contributed by atoms with Gasteiger partial charge in [-0.3, -0.25) is 19.7 Å². The number of carboxylic acids is 4. The van der Waals surface area contributed by atoms with Gasteiger partial charge < -0.3 is 25.7 Å². The zero-order valence-corrected chi connectivity index (χ0v) is 20.4. The number of aliphatic carboxylic acids is 4. The lowest BCUT2D eigenvalue weighted by molar-refractivity contribution is -0.159. The highest BCUT2D eigenvalue weighted by Gasteiger charge is 2.32. The van der Waals surface area contributed by atoms with Gasteiger partial charge in [0.05, 0.1) is 16.9 Å². The van der Waals surface area contributed by atoms with Gasteiger partial charge in [-0.15, -0.1) is 11.8 Å². The molecule has 14 nitrogen and oxygen atoms in total. The number of rotatable bonds is 3. The summed E-state index contributed by atoms with van der Waals surface area (Å²) in [5.74, 6) is -6.62. The molecule has 4 rings (SSSR count). The molecule has 38 heavy (non-hydrogen) atoms. The van der Waals surface area contributed by atoms with Gasteiger partial charge in [-0.05, 0) is 17.7 Å². The Hall–Kier alpha value is -4.76. The largest absolute Gasteiger partial charge is 0.473 e. The molecule has 0 bridgehead atoms. The van der Waals surface area contributed by atoms with Crippen molar-refractivity contribution < 1.29 is 49.2 Å². The highest BCUT2D eigenvalue weighted by atomic mass is 32.2. The molecule has 1 unspecified atom stereocenters. The number of carbonyl (C=O) groups excluding carboxylic acids is 2. The molecule has 200 valence electrons. The molecule has 1 aliphatic heterocycles. The first-order valence-corrected chi connectivity index (χ1v) is 11.6. The maximum atomic E-state index is 13.1. The maximum Gasteiger partial charge on any atom is 0.414 e. The first-order chi connectivity index (χ1) is 18.0. The van der Waals surface area contributed by atoms with Crippen molar-refractivity contribution in [1.82, 2.24) is 20.2 Å². The summed E-state index contributed by atoms with van der Waals surface area (Å²) in [7, 11) is 1.58. The molecule has 1 saturated heterocycles. The van der Waals surface area contributed by atoms with E-state index in [1.807, 2.05) is 42.6 Å². The van der Waals surface area contributed by atoms with E-state index >= 15 is 0 Å². The van der Waals surface area contributed by atoms with Crippen molar-refractivity contribution in [1.29, 1.82) is 0 Å². The lowest BCUT2D eigenvalue weighted by Crippen LogP contribution is -2.34. The van der Waals surface area contributed by atoms with Crippen LogP contribution in [0.15, 0.2) is 55.0 Å². The van der Waals surface area contributed by atoms with E-state index in [0.29, 0.717) is 11.3 Å². The summed E-state index contributed by atoms with van der Waals surface area (Å²) < 4.78 is 1.49. The number of nitrogens with zero attached hydrogens (tertiary/aromatic N) is 2. The lowest BCUT2D eigenvalue weighted by Gasteiger charge is -2.12. The van der Waals surface area contributed by atoms with Gasteiger partial charge in [-0.1, -0.05) is 24.3 Å². The predicted molar refractivity (Wildman–Crippen MR) is 133 cm³/mol. The molecule has 1 fully saturated rings. The van der Waals surface area contributed by atoms with Gasteiger partial charge in [0, 0.05) is 42.3 Å². The summed E-state index contributed by atoms with van der Waals surface area (Å²) in [5.41, 5.74) is 2.35. The number of fused-ring (bicyclic) bond motifs is 1. The van der Waals surface area contributed by atoms with Crippen LogP contribution in [0.3, 0.4) is 0 Å². The van der Waals surface area contributed by atoms with Crippen LogP contribution >= 0.6 is 11.8 Å². The number of hydrogen-bond acceptors (Lipinski definition) is 9. The average molecular weight is 547 g/mol. The lowest BCUT2D eigenvalue weighted by atomic mass is 10.0. The molecule has 0 spiro atoms. The Labute approximate surface area is 218 Å². The van der Waals surface area contributed by atoms with Crippen LogP contribution in [0.1, 0.15) is 21.3 Å². The molecule has 1 aliphatic rings. The SMILES string of the molecule is CNC(=O)n1cc(C(=O)[C@@H]2CSC(c3cccnc3)N2)c2ccccc21.O=C(O)C(=O)O.O=C(O)C(=O)O. The fraction of sp³-hybridized carbons (Fsp3) is 0.174. The first-order valence-electron chi connectivity index (χ1n) is 10.5. The van der Waals surface area contributed by atoms with Crippen molar-refractivity contribution in [2.75, 3.05) is 12.8 Å². The van der Waals surface area contributed by atoms with Crippen molar-refractivity contribution in [3.05, 3.63) is 66.1 Å². The van der Waals surface area contributed by atoms with Crippen molar-refractivity contribution >= 4 is 58.4 Å². The Kier molecular flexibility index (Phi) is 10.5. The Bertz CT molecular complexity index is 1310. The topological polar surface area (TPSA) is 225 Å². The molecule has 3 aromatic rings. The number of para-hydroxylation sites is 1. The number of carbonyl (C=O) groups is 6. The van der Waals surface area contributed by atoms with Crippen LogP contribution in [0.2, 0.25) is 0 Å². The smallest absolute Gasteiger partial charge is 0.414 e. The monoisotopic (exact) mass is 546 g/mol. The minimum absolute atomic E-state index is 0.00254. The molecule has 0 aliphatic carbocycles. The van der Waals surface area contributed by atoms with E-state index in [1.165, 1.54) is 4.57 Å². The third-order valence-electron chi connectivity index (χ3n) is 4.86. The van der Waals surface area contributed by atoms with Crippen LogP contribution in [0.25, 0.3) is 10.9 Å². The number of carboxylic acid groups (broad SMARTS) is 4. The van der Waals surface area contributed by atoms with Crippen LogP contribution in [-0.2, 0) is 19.2 Å². The van der Waals surface area contributed by atoms with Gasteiger partial charge >= 0.3 is 29.9 Å². The number of pyridine rings is 1. The molecule has 1 aromatic carbocycles. The molecule has 2 atom stereocenters. The molecule has 2 aromatic heterocycles. The highest BCUT2D eigenvalue weighted by Crippen LogP contribution is 2.34. The van der Waals surface area contributed by atoms with Crippen LogP contribution in [-0.4, -0.2) is 84.5 Å². The molecule has 0 radical (unpaired) electrons. The van der Waals surface area contributed by atoms with E-state index in [4.69, 9.17) is 39.6 Å². The summed E-state index contributed by atoms with van der Waals surface area (Å²) >= 11 is 1.69. The number of hydrogen-bond donors (Lipinski definition) is 6. The van der Waals surface area contributed by atoms with Gasteiger partial charge in [0.15, 0.2) is 5.78 Å². The Morgan fingerprint density at radius 3 is 2.08 bits per heavy atom. The second kappa shape index (κ2) is 13.5. The molecule has 6 N–H and O–H groups in total. The Balaban J connectivity index is 0.000000355. The summed E-state index contributed by atoms with van der Waals surface area (Å²) in [4.78, 5) is 65.8. The third-order valence-corrected chi connectivity index (χ3v) is 6.13. The minimum atomic E-state index is -1.82. The van der Waals surface area contributed by atoms with Gasteiger partial charge in [0.25, 0.3) is 0 Å². The Morgan fingerprint density at radius 1 is 0.947 bits per heavy atom. The van der Waals surface area contributed by atoms with E-state index in [0.717, 1.165) is 16.5 Å². The fourth-order valence-corrected chi connectivity index (χ4v) is 4.42. The summed E-state index contributed by atoms with van der Waals surface area (Å²) in [5, 5.41) is 36.4. The number of amides is 1. The average Bonchev–Trinajstić information content (AvgIpc) is 3.55. The van der Waals surface area contributed by atoms with E-state index < -0.39 is 23.9 Å². The zero-order valence-electron chi connectivity index (χ0n) is 19.6. The molecular formula is C23H22N4O10S. The van der Waals surface area contributed by atoms with Crippen molar-refractivity contribution in [2.45, 2.75) is 11.4 Å². The molecular weight excluding hydrogens is 524 g/mol. The number of Topliss-reactive ketones (excluding diaryl/α,β-unsaturated/α-hetero) is 1. The van der Waals surface area contributed by atoms with Gasteiger partial charge in [0.2, 0.25) is 0 Å². The summed E-state index contributed by atoms with van der Waals surface area (Å²) in [6, 6.07) is 10.8. The first kappa shape index (κ1) is 29.5. The van der Waals surface area contributed by atoms with Crippen LogP contribution in [0, 0.1) is 0 Å². The summed E-state index contributed by atoms with van der Waals surface area (Å²) in [6.45, 7) is 0. The van der Waals surface area contributed by atoms with Crippen molar-refractivity contribution in [3.63, 3.8) is 0 Å². The zero-order chi connectivity index (χ0) is 28.4.